The summed E-state index contributed by atoms with van der Waals surface area (Å²) in [6, 6.07) is 14.4. The lowest BCUT2D eigenvalue weighted by Gasteiger charge is -2.04. The molecule has 0 amide bonds. The molecule has 3 aromatic rings. The van der Waals surface area contributed by atoms with Crippen molar-refractivity contribution in [3.63, 3.8) is 0 Å². The van der Waals surface area contributed by atoms with Gasteiger partial charge in [-0.1, -0.05) is 35.5 Å². The van der Waals surface area contributed by atoms with Crippen LogP contribution in [0, 0.1) is 0 Å². The average Bonchev–Trinajstić information content (AvgIpc) is 3.10. The second-order valence-electron chi connectivity index (χ2n) is 6.19. The Bertz CT molecular complexity index is 1080. The van der Waals surface area contributed by atoms with Gasteiger partial charge in [0.05, 0.1) is 4.88 Å². The monoisotopic (exact) mass is 440 g/mol. The van der Waals surface area contributed by atoms with E-state index in [0.29, 0.717) is 10.6 Å². The first kappa shape index (κ1) is 21.0. The maximum atomic E-state index is 12.6. The molecule has 2 heterocycles. The van der Waals surface area contributed by atoms with Gasteiger partial charge in [0.2, 0.25) is 10.0 Å². The van der Waals surface area contributed by atoms with Gasteiger partial charge < -0.3 is 14.7 Å². The lowest BCUT2D eigenvalue weighted by molar-refractivity contribution is 0.137. The topological polar surface area (TPSA) is 130 Å². The summed E-state index contributed by atoms with van der Waals surface area (Å²) in [7, 11) is -3.59. The molecule has 154 valence electrons. The third-order valence-electron chi connectivity index (χ3n) is 4.11. The molecule has 0 bridgehead atoms. The molecule has 3 N–H and O–H groups in total. The lowest BCUT2D eigenvalue weighted by Crippen LogP contribution is -2.26. The smallest absolute Gasteiger partial charge is 0.450 e. The molecular formula is C18H17FN2O6S2. The number of nitrogens with one attached hydrogen (secondary N) is 1. The van der Waals surface area contributed by atoms with Crippen LogP contribution in [0.1, 0.15) is 23.7 Å². The number of hydrogen-bond acceptors (Lipinski definition) is 6. The van der Waals surface area contributed by atoms with Gasteiger partial charge in [-0.05, 0) is 24.1 Å². The number of thiophene rings is 1. The highest BCUT2D eigenvalue weighted by Gasteiger charge is 2.41. The summed E-state index contributed by atoms with van der Waals surface area (Å²) >= 11 is 1.09. The molecule has 0 saturated heterocycles. The first-order chi connectivity index (χ1) is 13.8. The van der Waals surface area contributed by atoms with Crippen LogP contribution in [-0.4, -0.2) is 36.0 Å². The lowest BCUT2D eigenvalue weighted by atomic mass is 10.1. The molecule has 1 aliphatic carbocycles. The number of halogens is 1. The van der Waals surface area contributed by atoms with Crippen LogP contribution in [0.15, 0.2) is 57.3 Å². The van der Waals surface area contributed by atoms with Gasteiger partial charge in [0.1, 0.15) is 16.6 Å². The third-order valence-corrected chi connectivity index (χ3v) is 7.20. The summed E-state index contributed by atoms with van der Waals surface area (Å²) in [5.74, 6) is 0.340. The molecule has 1 fully saturated rings. The fraction of sp³-hybridized carbons (Fsp3) is 0.222. The summed E-state index contributed by atoms with van der Waals surface area (Å²) in [4.78, 5) is 9.18. The minimum atomic E-state index is -3.59. The molecule has 1 aliphatic rings. The number of hydrogen-bond donors (Lipinski definition) is 3. The van der Waals surface area contributed by atoms with Crippen molar-refractivity contribution in [3.8, 4) is 10.6 Å². The molecule has 2 aromatic heterocycles. The number of sulfonamides is 1. The van der Waals surface area contributed by atoms with Crippen LogP contribution in [0.4, 0.5) is 9.18 Å². The van der Waals surface area contributed by atoms with Gasteiger partial charge in [-0.3, -0.25) is 0 Å². The van der Waals surface area contributed by atoms with Crippen molar-refractivity contribution in [3.05, 3.63) is 59.9 Å². The van der Waals surface area contributed by atoms with Crippen LogP contribution in [0.2, 0.25) is 0 Å². The summed E-state index contributed by atoms with van der Waals surface area (Å²) < 4.78 is 45.4. The van der Waals surface area contributed by atoms with E-state index in [1.54, 1.807) is 6.07 Å². The van der Waals surface area contributed by atoms with E-state index in [4.69, 9.17) is 19.5 Å². The highest BCUT2D eigenvalue weighted by molar-refractivity contribution is 7.91. The van der Waals surface area contributed by atoms with Crippen LogP contribution >= 0.6 is 11.3 Å². The van der Waals surface area contributed by atoms with Crippen molar-refractivity contribution in [2.45, 2.75) is 29.3 Å². The Hall–Kier alpha value is -2.76. The van der Waals surface area contributed by atoms with E-state index in [9.17, 15) is 12.8 Å². The molecule has 4 rings (SSSR count). The number of carbonyl (C=O) groups is 1. The molecule has 2 atom stereocenters. The molecule has 0 aliphatic heterocycles. The van der Waals surface area contributed by atoms with Crippen LogP contribution in [0.5, 0.6) is 0 Å². The highest BCUT2D eigenvalue weighted by atomic mass is 32.2. The zero-order valence-electron chi connectivity index (χ0n) is 14.9. The first-order valence-corrected chi connectivity index (χ1v) is 10.7. The second-order valence-corrected chi connectivity index (χ2v) is 9.22. The quantitative estimate of drug-likeness (QED) is 0.529. The predicted molar refractivity (Wildman–Crippen MR) is 103 cm³/mol. The minimum Gasteiger partial charge on any atom is -0.450 e. The normalized spacial score (nSPS) is 18.0. The largest absolute Gasteiger partial charge is 0.503 e. The van der Waals surface area contributed by atoms with E-state index in [1.165, 1.54) is 12.1 Å². The van der Waals surface area contributed by atoms with E-state index in [2.05, 4.69) is 9.88 Å². The van der Waals surface area contributed by atoms with Crippen molar-refractivity contribution in [2.24, 2.45) is 0 Å². The number of benzene rings is 1. The van der Waals surface area contributed by atoms with Gasteiger partial charge >= 0.3 is 6.16 Å². The summed E-state index contributed by atoms with van der Waals surface area (Å²) in [5, 5.41) is 17.7. The molecular weight excluding hydrogens is 423 g/mol. The fourth-order valence-electron chi connectivity index (χ4n) is 2.75. The van der Waals surface area contributed by atoms with Crippen molar-refractivity contribution in [1.82, 2.24) is 9.88 Å². The number of alkyl halides is 1. The predicted octanol–water partition coefficient (Wildman–Crippen LogP) is 3.93. The summed E-state index contributed by atoms with van der Waals surface area (Å²) in [6.07, 6.45) is -1.04. The van der Waals surface area contributed by atoms with Crippen LogP contribution in [-0.2, 0) is 16.7 Å². The van der Waals surface area contributed by atoms with Crippen LogP contribution in [0.3, 0.4) is 0 Å². The van der Waals surface area contributed by atoms with E-state index < -0.39 is 22.9 Å². The first-order valence-electron chi connectivity index (χ1n) is 8.41. The van der Waals surface area contributed by atoms with Gasteiger partial charge in [0, 0.05) is 18.0 Å². The Balaban J connectivity index is 0.000000552. The number of nitrogens with zero attached hydrogens (tertiary/aromatic N) is 1. The Morgan fingerprint density at radius 3 is 2.55 bits per heavy atom. The standard InChI is InChI=1S/C17H15FN2O3S2.CH2O3/c18-10-12-8-15(19-23-12)16-6-7-17(24-16)25(21,22)20-14-9-13(14)11-4-2-1-3-5-11;2-1(3)4/h1-8,13-14,20H,9-10H2;(H2,2,3,4)/t13-,14+;/m1./s1. The van der Waals surface area contributed by atoms with Crippen molar-refractivity contribution in [2.75, 3.05) is 0 Å². The molecule has 8 nitrogen and oxygen atoms in total. The number of carboxylic acid groups (broad SMARTS) is 2. The molecule has 1 saturated carbocycles. The minimum absolute atomic E-state index is 0.0804. The molecule has 29 heavy (non-hydrogen) atoms. The highest BCUT2D eigenvalue weighted by Crippen LogP contribution is 2.42. The van der Waals surface area contributed by atoms with Gasteiger partial charge in [-0.25, -0.2) is 22.3 Å². The zero-order chi connectivity index (χ0) is 21.0. The van der Waals surface area contributed by atoms with Gasteiger partial charge in [-0.15, -0.1) is 11.3 Å². The fourth-order valence-corrected chi connectivity index (χ4v) is 5.31. The average molecular weight is 440 g/mol. The van der Waals surface area contributed by atoms with E-state index in [1.807, 2.05) is 30.3 Å². The Morgan fingerprint density at radius 1 is 1.24 bits per heavy atom. The van der Waals surface area contributed by atoms with Gasteiger partial charge in [0.15, 0.2) is 5.76 Å². The molecule has 11 heteroatoms. The van der Waals surface area contributed by atoms with Crippen molar-refractivity contribution in [1.29, 1.82) is 0 Å². The van der Waals surface area contributed by atoms with E-state index in [0.717, 1.165) is 23.3 Å². The number of aromatic nitrogens is 1. The van der Waals surface area contributed by atoms with E-state index in [-0.39, 0.29) is 21.9 Å². The second kappa shape index (κ2) is 8.72. The Labute approximate surface area is 169 Å². The Kier molecular flexibility index (Phi) is 6.30. The SMILES string of the molecule is O=C(O)O.O=S(=O)(N[C@H]1C[C@@H]1c1ccccc1)c1ccc(-c2cc(CF)on2)s1. The van der Waals surface area contributed by atoms with Crippen molar-refractivity contribution < 1.29 is 32.3 Å². The summed E-state index contributed by atoms with van der Waals surface area (Å²) in [6.45, 7) is -0.742. The Morgan fingerprint density at radius 2 is 1.93 bits per heavy atom. The van der Waals surface area contributed by atoms with Gasteiger partial charge in [0.25, 0.3) is 0 Å². The zero-order valence-corrected chi connectivity index (χ0v) is 16.5. The third kappa shape index (κ3) is 5.40. The summed E-state index contributed by atoms with van der Waals surface area (Å²) in [5.41, 5.74) is 1.58. The van der Waals surface area contributed by atoms with Crippen LogP contribution in [0.25, 0.3) is 10.6 Å². The maximum Gasteiger partial charge on any atom is 0.503 e. The number of rotatable bonds is 6. The maximum absolute atomic E-state index is 12.6. The van der Waals surface area contributed by atoms with E-state index >= 15 is 0 Å². The van der Waals surface area contributed by atoms with Crippen LogP contribution < -0.4 is 4.72 Å². The molecule has 1 aromatic carbocycles. The van der Waals surface area contributed by atoms with Crippen molar-refractivity contribution >= 4 is 27.5 Å². The molecule has 0 radical (unpaired) electrons. The molecule has 0 unspecified atom stereocenters. The molecule has 0 spiro atoms. The van der Waals surface area contributed by atoms with Gasteiger partial charge in [-0.2, -0.15) is 0 Å².